The summed E-state index contributed by atoms with van der Waals surface area (Å²) >= 11 is 0. The summed E-state index contributed by atoms with van der Waals surface area (Å²) in [6.07, 6.45) is 2.52. The summed E-state index contributed by atoms with van der Waals surface area (Å²) in [4.78, 5) is 11.1. The molecule has 4 nitrogen and oxygen atoms in total. The number of rotatable bonds is 8. The smallest absolute Gasteiger partial charge is 0.309 e. The molecule has 0 spiro atoms. The van der Waals surface area contributed by atoms with Crippen LogP contribution in [0, 0.1) is 5.41 Å². The minimum absolute atomic E-state index is 0.0220. The Balaban J connectivity index is 4.35. The molecule has 0 rings (SSSR count). The van der Waals surface area contributed by atoms with Crippen LogP contribution in [0.3, 0.4) is 0 Å². The molecule has 3 N–H and O–H groups in total. The summed E-state index contributed by atoms with van der Waals surface area (Å²) < 4.78 is 0. The highest BCUT2D eigenvalue weighted by Gasteiger charge is 2.35. The minimum atomic E-state index is -0.818. The van der Waals surface area contributed by atoms with E-state index in [1.54, 1.807) is 0 Å². The van der Waals surface area contributed by atoms with Gasteiger partial charge in [-0.3, -0.25) is 4.79 Å². The first-order valence-corrected chi connectivity index (χ1v) is 5.08. The highest BCUT2D eigenvalue weighted by Crippen LogP contribution is 2.33. The second-order valence-electron chi connectivity index (χ2n) is 3.59. The van der Waals surface area contributed by atoms with Crippen molar-refractivity contribution >= 4 is 5.97 Å². The fraction of sp³-hybridized carbons (Fsp3) is 0.900. The second kappa shape index (κ2) is 6.79. The lowest BCUT2D eigenvalue weighted by Crippen LogP contribution is -2.31. The summed E-state index contributed by atoms with van der Waals surface area (Å²) in [5.74, 6) is -0.818. The van der Waals surface area contributed by atoms with Crippen molar-refractivity contribution in [2.75, 3.05) is 13.2 Å². The van der Waals surface area contributed by atoms with Gasteiger partial charge in [-0.25, -0.2) is 0 Å². The molecule has 0 unspecified atom stereocenters. The van der Waals surface area contributed by atoms with E-state index in [-0.39, 0.29) is 13.2 Å². The third kappa shape index (κ3) is 3.64. The van der Waals surface area contributed by atoms with E-state index in [1.165, 1.54) is 0 Å². The van der Waals surface area contributed by atoms with Gasteiger partial charge in [-0.1, -0.05) is 6.92 Å². The Kier molecular flexibility index (Phi) is 6.49. The molecule has 0 aromatic rings. The molecule has 0 radical (unpaired) electrons. The second-order valence-corrected chi connectivity index (χ2v) is 3.59. The van der Waals surface area contributed by atoms with E-state index < -0.39 is 11.4 Å². The van der Waals surface area contributed by atoms with E-state index in [4.69, 9.17) is 15.3 Å². The van der Waals surface area contributed by atoms with Crippen molar-refractivity contribution in [1.82, 2.24) is 0 Å². The van der Waals surface area contributed by atoms with Crippen LogP contribution in [0.25, 0.3) is 0 Å². The molecule has 0 saturated heterocycles. The first-order chi connectivity index (χ1) is 6.63. The van der Waals surface area contributed by atoms with Gasteiger partial charge in [-0.15, -0.1) is 0 Å². The number of carboxylic acids is 1. The minimum Gasteiger partial charge on any atom is -0.481 e. The number of hydrogen-bond donors (Lipinski definition) is 3. The zero-order valence-electron chi connectivity index (χ0n) is 8.70. The Morgan fingerprint density at radius 2 is 1.57 bits per heavy atom. The Hall–Kier alpha value is -0.610. The molecule has 0 aliphatic heterocycles. The summed E-state index contributed by atoms with van der Waals surface area (Å²) in [5, 5.41) is 26.5. The average molecular weight is 204 g/mol. The predicted molar refractivity (Wildman–Crippen MR) is 53.0 cm³/mol. The molecule has 0 aromatic heterocycles. The van der Waals surface area contributed by atoms with Gasteiger partial charge in [0.25, 0.3) is 0 Å². The summed E-state index contributed by atoms with van der Waals surface area (Å²) in [5.41, 5.74) is -0.758. The summed E-state index contributed by atoms with van der Waals surface area (Å²) in [6.45, 7) is 1.88. The predicted octanol–water partition coefficient (Wildman–Crippen LogP) is 1.01. The van der Waals surface area contributed by atoms with Crippen molar-refractivity contribution in [2.24, 2.45) is 5.41 Å². The first-order valence-electron chi connectivity index (χ1n) is 5.08. The Bertz CT molecular complexity index is 160. The van der Waals surface area contributed by atoms with Gasteiger partial charge in [0.1, 0.15) is 0 Å². The first kappa shape index (κ1) is 13.4. The fourth-order valence-corrected chi connectivity index (χ4v) is 1.68. The van der Waals surface area contributed by atoms with E-state index in [0.29, 0.717) is 32.1 Å². The quantitative estimate of drug-likeness (QED) is 0.551. The van der Waals surface area contributed by atoms with Crippen molar-refractivity contribution < 1.29 is 20.1 Å². The average Bonchev–Trinajstić information content (AvgIpc) is 2.18. The molecule has 0 aromatic carbocycles. The lowest BCUT2D eigenvalue weighted by molar-refractivity contribution is -0.150. The number of carboxylic acid groups (broad SMARTS) is 1. The van der Waals surface area contributed by atoms with Crippen molar-refractivity contribution in [3.05, 3.63) is 0 Å². The zero-order chi connectivity index (χ0) is 11.0. The number of aliphatic carboxylic acids is 1. The molecule has 0 fully saturated rings. The number of aliphatic hydroxyl groups is 2. The molecule has 0 atom stereocenters. The van der Waals surface area contributed by atoms with E-state index >= 15 is 0 Å². The van der Waals surface area contributed by atoms with Crippen LogP contribution in [0.4, 0.5) is 0 Å². The van der Waals surface area contributed by atoms with Crippen LogP contribution >= 0.6 is 0 Å². The molecule has 4 heteroatoms. The number of aliphatic hydroxyl groups excluding tert-OH is 2. The maximum absolute atomic E-state index is 11.1. The largest absolute Gasteiger partial charge is 0.481 e. The van der Waals surface area contributed by atoms with E-state index in [2.05, 4.69) is 0 Å². The van der Waals surface area contributed by atoms with Crippen LogP contribution in [-0.4, -0.2) is 34.5 Å². The van der Waals surface area contributed by atoms with Gasteiger partial charge in [-0.05, 0) is 32.1 Å². The molecule has 0 saturated carbocycles. The SMILES string of the molecule is CCC(CCCO)(CCCO)C(=O)O. The van der Waals surface area contributed by atoms with Crippen LogP contribution in [0.1, 0.15) is 39.0 Å². The molecule has 0 bridgehead atoms. The molecular formula is C10H20O4. The van der Waals surface area contributed by atoms with Gasteiger partial charge in [0.2, 0.25) is 0 Å². The molecular weight excluding hydrogens is 184 g/mol. The maximum Gasteiger partial charge on any atom is 0.309 e. The van der Waals surface area contributed by atoms with Crippen LogP contribution < -0.4 is 0 Å². The normalized spacial score (nSPS) is 11.6. The lowest BCUT2D eigenvalue weighted by Gasteiger charge is -2.27. The highest BCUT2D eigenvalue weighted by atomic mass is 16.4. The fourth-order valence-electron chi connectivity index (χ4n) is 1.68. The van der Waals surface area contributed by atoms with Crippen molar-refractivity contribution in [1.29, 1.82) is 0 Å². The summed E-state index contributed by atoms with van der Waals surface area (Å²) in [6, 6.07) is 0. The highest BCUT2D eigenvalue weighted by molar-refractivity contribution is 5.74. The van der Waals surface area contributed by atoms with Crippen LogP contribution in [-0.2, 0) is 4.79 Å². The molecule has 14 heavy (non-hydrogen) atoms. The van der Waals surface area contributed by atoms with Crippen LogP contribution in [0.15, 0.2) is 0 Å². The third-order valence-electron chi connectivity index (χ3n) is 2.76. The Labute approximate surface area is 84.6 Å². The maximum atomic E-state index is 11.1. The summed E-state index contributed by atoms with van der Waals surface area (Å²) in [7, 11) is 0. The monoisotopic (exact) mass is 204 g/mol. The molecule has 0 aliphatic rings. The van der Waals surface area contributed by atoms with Crippen molar-refractivity contribution in [3.8, 4) is 0 Å². The zero-order valence-corrected chi connectivity index (χ0v) is 8.70. The van der Waals surface area contributed by atoms with Gasteiger partial charge >= 0.3 is 5.97 Å². The Morgan fingerprint density at radius 3 is 1.79 bits per heavy atom. The topological polar surface area (TPSA) is 77.8 Å². The van der Waals surface area contributed by atoms with Gasteiger partial charge in [0, 0.05) is 13.2 Å². The molecule has 0 heterocycles. The Morgan fingerprint density at radius 1 is 1.14 bits per heavy atom. The standard InChI is InChI=1S/C10H20O4/c1-2-10(9(13)14,5-3-7-11)6-4-8-12/h11-12H,2-8H2,1H3,(H,13,14). The van der Waals surface area contributed by atoms with Crippen LogP contribution in [0.5, 0.6) is 0 Å². The number of carbonyl (C=O) groups is 1. The van der Waals surface area contributed by atoms with Gasteiger partial charge in [0.15, 0.2) is 0 Å². The lowest BCUT2D eigenvalue weighted by atomic mass is 9.77. The van der Waals surface area contributed by atoms with E-state index in [0.717, 1.165) is 0 Å². The number of hydrogen-bond acceptors (Lipinski definition) is 3. The van der Waals surface area contributed by atoms with Gasteiger partial charge in [-0.2, -0.15) is 0 Å². The third-order valence-corrected chi connectivity index (χ3v) is 2.76. The van der Waals surface area contributed by atoms with Gasteiger partial charge < -0.3 is 15.3 Å². The van der Waals surface area contributed by atoms with Crippen molar-refractivity contribution in [3.63, 3.8) is 0 Å². The van der Waals surface area contributed by atoms with Gasteiger partial charge in [0.05, 0.1) is 5.41 Å². The van der Waals surface area contributed by atoms with E-state index in [1.807, 2.05) is 6.92 Å². The van der Waals surface area contributed by atoms with E-state index in [9.17, 15) is 4.79 Å². The van der Waals surface area contributed by atoms with Crippen LogP contribution in [0.2, 0.25) is 0 Å². The van der Waals surface area contributed by atoms with Crippen molar-refractivity contribution in [2.45, 2.75) is 39.0 Å². The molecule has 0 aliphatic carbocycles. The molecule has 84 valence electrons. The molecule has 0 amide bonds.